The van der Waals surface area contributed by atoms with Crippen LogP contribution < -0.4 is 9.62 Å². The first kappa shape index (κ1) is 33.7. The van der Waals surface area contributed by atoms with E-state index >= 15 is 0 Å². The van der Waals surface area contributed by atoms with Gasteiger partial charge >= 0.3 is 0 Å². The van der Waals surface area contributed by atoms with E-state index in [1.165, 1.54) is 53.3 Å². The highest BCUT2D eigenvalue weighted by Crippen LogP contribution is 2.60. The Bertz CT molecular complexity index is 1640. The largest absolute Gasteiger partial charge is 0.352 e. The SMILES string of the molecule is CC(C)NC(=O)C(Cc1ccccc1)N(Cc1ccc(Br)cc1)C(=O)CN(c1ccc(C23CC4CC(CC(C4)C2)C3)cc1)S(C)(=O)=O. The number of anilines is 1. The normalized spacial score (nSPS) is 23.8. The zero-order valence-electron chi connectivity index (χ0n) is 27.6. The van der Waals surface area contributed by atoms with Crippen LogP contribution in [0.4, 0.5) is 5.69 Å². The van der Waals surface area contributed by atoms with Crippen LogP contribution >= 0.6 is 15.9 Å². The molecular formula is C38H46BrN3O4S. The van der Waals surface area contributed by atoms with Crippen LogP contribution in [0.2, 0.25) is 0 Å². The van der Waals surface area contributed by atoms with E-state index in [1.54, 1.807) is 0 Å². The molecule has 0 aromatic heterocycles. The molecule has 47 heavy (non-hydrogen) atoms. The second kappa shape index (κ2) is 13.7. The molecule has 4 bridgehead atoms. The number of sulfonamides is 1. The molecule has 4 aliphatic carbocycles. The minimum absolute atomic E-state index is 0.134. The first-order valence-corrected chi connectivity index (χ1v) is 19.5. The lowest BCUT2D eigenvalue weighted by Gasteiger charge is -2.57. The maximum Gasteiger partial charge on any atom is 0.244 e. The molecule has 4 fully saturated rings. The summed E-state index contributed by atoms with van der Waals surface area (Å²) >= 11 is 3.48. The third-order valence-corrected chi connectivity index (χ3v) is 12.1. The molecule has 9 heteroatoms. The molecule has 1 unspecified atom stereocenters. The Morgan fingerprint density at radius 3 is 1.96 bits per heavy atom. The maximum atomic E-state index is 14.4. The summed E-state index contributed by atoms with van der Waals surface area (Å²) in [5, 5.41) is 3.00. The molecule has 250 valence electrons. The Labute approximate surface area is 288 Å². The number of nitrogens with zero attached hydrogens (tertiary/aromatic N) is 2. The standard InChI is InChI=1S/C38H46BrN3O4S/c1-26(2)40-37(44)35(20-27-7-5-4-6-8-27)41(24-28-9-13-33(39)14-10-28)36(43)25-42(47(3,45)46)34-15-11-32(12-16-34)38-21-29-17-30(22-38)19-31(18-29)23-38/h4-16,26,29-31,35H,17-25H2,1-3H3,(H,40,44). The van der Waals surface area contributed by atoms with Crippen molar-refractivity contribution in [3.8, 4) is 0 Å². The van der Waals surface area contributed by atoms with Crippen molar-refractivity contribution in [3.05, 3.63) is 100 Å². The Morgan fingerprint density at radius 2 is 1.43 bits per heavy atom. The molecule has 4 aliphatic rings. The molecule has 0 saturated heterocycles. The van der Waals surface area contributed by atoms with Crippen molar-refractivity contribution in [1.82, 2.24) is 10.2 Å². The number of hydrogen-bond acceptors (Lipinski definition) is 4. The number of hydrogen-bond donors (Lipinski definition) is 1. The zero-order valence-corrected chi connectivity index (χ0v) is 30.0. The van der Waals surface area contributed by atoms with Gasteiger partial charge < -0.3 is 10.2 Å². The van der Waals surface area contributed by atoms with E-state index in [4.69, 9.17) is 0 Å². The summed E-state index contributed by atoms with van der Waals surface area (Å²) in [6.07, 6.45) is 9.17. The van der Waals surface area contributed by atoms with Crippen molar-refractivity contribution in [2.75, 3.05) is 17.1 Å². The average molecular weight is 721 g/mol. The van der Waals surface area contributed by atoms with Crippen LogP contribution in [0.15, 0.2) is 83.3 Å². The fourth-order valence-corrected chi connectivity index (χ4v) is 9.89. The smallest absolute Gasteiger partial charge is 0.244 e. The van der Waals surface area contributed by atoms with Gasteiger partial charge in [0.1, 0.15) is 12.6 Å². The van der Waals surface area contributed by atoms with Crippen molar-refractivity contribution in [3.63, 3.8) is 0 Å². The van der Waals surface area contributed by atoms with Gasteiger partial charge in [-0.15, -0.1) is 0 Å². The van der Waals surface area contributed by atoms with Crippen LogP contribution in [0, 0.1) is 17.8 Å². The van der Waals surface area contributed by atoms with E-state index in [0.29, 0.717) is 12.1 Å². The van der Waals surface area contributed by atoms with E-state index in [-0.39, 0.29) is 23.9 Å². The molecule has 1 atom stereocenters. The summed E-state index contributed by atoms with van der Waals surface area (Å²) in [6.45, 7) is 3.51. The van der Waals surface area contributed by atoms with Crippen molar-refractivity contribution in [1.29, 1.82) is 0 Å². The van der Waals surface area contributed by atoms with Gasteiger partial charge in [0.2, 0.25) is 21.8 Å². The molecule has 1 N–H and O–H groups in total. The summed E-state index contributed by atoms with van der Waals surface area (Å²) in [5.41, 5.74) is 3.69. The van der Waals surface area contributed by atoms with Gasteiger partial charge in [-0.3, -0.25) is 13.9 Å². The van der Waals surface area contributed by atoms with E-state index in [0.717, 1.165) is 39.6 Å². The van der Waals surface area contributed by atoms with Crippen molar-refractivity contribution in [2.24, 2.45) is 17.8 Å². The first-order valence-electron chi connectivity index (χ1n) is 16.8. The second-order valence-electron chi connectivity index (χ2n) is 14.5. The van der Waals surface area contributed by atoms with Crippen molar-refractivity contribution < 1.29 is 18.0 Å². The highest BCUT2D eigenvalue weighted by molar-refractivity contribution is 9.10. The monoisotopic (exact) mass is 719 g/mol. The van der Waals surface area contributed by atoms with Gasteiger partial charge in [-0.1, -0.05) is 70.5 Å². The second-order valence-corrected chi connectivity index (χ2v) is 17.4. The summed E-state index contributed by atoms with van der Waals surface area (Å²) < 4.78 is 28.7. The number of carbonyl (C=O) groups is 2. The lowest BCUT2D eigenvalue weighted by Crippen LogP contribution is -2.54. The number of benzene rings is 3. The third kappa shape index (κ3) is 7.78. The minimum atomic E-state index is -3.83. The first-order chi connectivity index (χ1) is 22.4. The highest BCUT2D eigenvalue weighted by atomic mass is 79.9. The molecule has 3 aromatic carbocycles. The van der Waals surface area contributed by atoms with Crippen LogP contribution in [-0.4, -0.2) is 50.0 Å². The lowest BCUT2D eigenvalue weighted by atomic mass is 9.48. The Kier molecular flexibility index (Phi) is 9.86. The van der Waals surface area contributed by atoms with Gasteiger partial charge in [0.25, 0.3) is 0 Å². The van der Waals surface area contributed by atoms with E-state index in [1.807, 2.05) is 80.6 Å². The predicted molar refractivity (Wildman–Crippen MR) is 190 cm³/mol. The number of amides is 2. The molecule has 0 spiro atoms. The lowest BCUT2D eigenvalue weighted by molar-refractivity contribution is -0.140. The van der Waals surface area contributed by atoms with Gasteiger partial charge in [0, 0.05) is 23.5 Å². The van der Waals surface area contributed by atoms with Gasteiger partial charge in [-0.05, 0) is 116 Å². The summed E-state index contributed by atoms with van der Waals surface area (Å²) in [5.74, 6) is 1.70. The molecule has 0 heterocycles. The number of halogens is 1. The van der Waals surface area contributed by atoms with Crippen molar-refractivity contribution >= 4 is 43.5 Å². The third-order valence-electron chi connectivity index (χ3n) is 10.5. The van der Waals surface area contributed by atoms with Crippen molar-refractivity contribution in [2.45, 2.75) is 82.8 Å². The van der Waals surface area contributed by atoms with Crippen LogP contribution in [0.25, 0.3) is 0 Å². The molecule has 0 radical (unpaired) electrons. The molecule has 4 saturated carbocycles. The van der Waals surface area contributed by atoms with Gasteiger partial charge in [-0.2, -0.15) is 0 Å². The Balaban J connectivity index is 1.30. The van der Waals surface area contributed by atoms with E-state index < -0.39 is 28.5 Å². The van der Waals surface area contributed by atoms with Crippen LogP contribution in [0.3, 0.4) is 0 Å². The highest BCUT2D eigenvalue weighted by Gasteiger charge is 2.51. The van der Waals surface area contributed by atoms with Crippen LogP contribution in [0.1, 0.15) is 69.1 Å². The summed E-state index contributed by atoms with van der Waals surface area (Å²) in [7, 11) is -3.83. The fraction of sp³-hybridized carbons (Fsp3) is 0.474. The Hall–Kier alpha value is -3.17. The van der Waals surface area contributed by atoms with Crippen LogP contribution in [-0.2, 0) is 38.0 Å². The Morgan fingerprint density at radius 1 is 0.851 bits per heavy atom. The summed E-state index contributed by atoms with van der Waals surface area (Å²) in [4.78, 5) is 29.7. The zero-order chi connectivity index (χ0) is 33.3. The molecular weight excluding hydrogens is 674 g/mol. The quantitative estimate of drug-likeness (QED) is 0.222. The van der Waals surface area contributed by atoms with E-state index in [2.05, 4.69) is 33.4 Å². The number of carbonyl (C=O) groups excluding carboxylic acids is 2. The fourth-order valence-electron chi connectivity index (χ4n) is 8.78. The number of rotatable bonds is 12. The van der Waals surface area contributed by atoms with Gasteiger partial charge in [0.05, 0.1) is 11.9 Å². The average Bonchev–Trinajstić information content (AvgIpc) is 3.01. The maximum absolute atomic E-state index is 14.4. The minimum Gasteiger partial charge on any atom is -0.352 e. The summed E-state index contributed by atoms with van der Waals surface area (Å²) in [6, 6.07) is 24.1. The number of nitrogens with one attached hydrogen (secondary N) is 1. The predicted octanol–water partition coefficient (Wildman–Crippen LogP) is 6.85. The van der Waals surface area contributed by atoms with Crippen LogP contribution in [0.5, 0.6) is 0 Å². The van der Waals surface area contributed by atoms with Gasteiger partial charge in [-0.25, -0.2) is 8.42 Å². The molecule has 0 aliphatic heterocycles. The van der Waals surface area contributed by atoms with E-state index in [9.17, 15) is 18.0 Å². The molecule has 2 amide bonds. The molecule has 7 nitrogen and oxygen atoms in total. The molecule has 3 aromatic rings. The topological polar surface area (TPSA) is 86.8 Å². The molecule has 7 rings (SSSR count). The van der Waals surface area contributed by atoms with Gasteiger partial charge in [0.15, 0.2) is 0 Å².